The van der Waals surface area contributed by atoms with Crippen molar-refractivity contribution in [2.24, 2.45) is 0 Å². The second kappa shape index (κ2) is 10.2. The van der Waals surface area contributed by atoms with E-state index in [1.165, 1.54) is 23.9 Å². The highest BCUT2D eigenvalue weighted by molar-refractivity contribution is 8.00. The van der Waals surface area contributed by atoms with Crippen molar-refractivity contribution in [1.29, 1.82) is 0 Å². The average molecular weight is 468 g/mol. The minimum absolute atomic E-state index is 0.135. The van der Waals surface area contributed by atoms with Crippen molar-refractivity contribution in [3.63, 3.8) is 0 Å². The van der Waals surface area contributed by atoms with Crippen molar-refractivity contribution in [1.82, 2.24) is 5.32 Å². The van der Waals surface area contributed by atoms with E-state index in [9.17, 15) is 27.9 Å². The van der Waals surface area contributed by atoms with Crippen LogP contribution in [-0.2, 0) is 17.6 Å². The number of carboxylic acid groups (broad SMARTS) is 1. The van der Waals surface area contributed by atoms with Gasteiger partial charge in [0.15, 0.2) is 0 Å². The number of hydrogen-bond donors (Lipinski definition) is 3. The van der Waals surface area contributed by atoms with Crippen LogP contribution in [-0.4, -0.2) is 34.8 Å². The summed E-state index contributed by atoms with van der Waals surface area (Å²) in [5.74, 6) is -1.20. The molecule has 0 saturated carbocycles. The summed E-state index contributed by atoms with van der Waals surface area (Å²) in [5.41, 5.74) is 2.49. The molecule has 0 radical (unpaired) electrons. The van der Waals surface area contributed by atoms with Gasteiger partial charge in [-0.25, -0.2) is 4.79 Å². The summed E-state index contributed by atoms with van der Waals surface area (Å²) in [5, 5.41) is 14.3. The van der Waals surface area contributed by atoms with Crippen molar-refractivity contribution in [2.75, 3.05) is 5.32 Å². The lowest BCUT2D eigenvalue weighted by Gasteiger charge is -2.14. The molecule has 0 spiro atoms. The molecular weight excluding hydrogens is 445 g/mol. The highest BCUT2D eigenvalue weighted by atomic mass is 32.2. The Bertz CT molecular complexity index is 967. The van der Waals surface area contributed by atoms with Gasteiger partial charge in [-0.1, -0.05) is 19.4 Å². The van der Waals surface area contributed by atoms with Crippen LogP contribution in [0.1, 0.15) is 30.9 Å². The monoisotopic (exact) mass is 468 g/mol. The van der Waals surface area contributed by atoms with E-state index in [1.807, 2.05) is 25.1 Å². The molecule has 2 atom stereocenters. The van der Waals surface area contributed by atoms with Crippen LogP contribution in [0.3, 0.4) is 0 Å². The van der Waals surface area contributed by atoms with Crippen LogP contribution in [0.2, 0.25) is 0 Å². The largest absolute Gasteiger partial charge is 0.573 e. The average Bonchev–Trinajstić information content (AvgIpc) is 3.09. The van der Waals surface area contributed by atoms with E-state index in [0.717, 1.165) is 34.6 Å². The number of ether oxygens (including phenoxy) is 1. The molecular formula is C22H23F3N2O4S. The van der Waals surface area contributed by atoms with Crippen molar-refractivity contribution >= 4 is 29.4 Å². The van der Waals surface area contributed by atoms with E-state index < -0.39 is 23.6 Å². The molecule has 2 aromatic carbocycles. The fraction of sp³-hybridized carbons (Fsp3) is 0.364. The Labute approximate surface area is 187 Å². The number of nitrogens with one attached hydrogen (secondary N) is 2. The van der Waals surface area contributed by atoms with Crippen molar-refractivity contribution in [3.8, 4) is 5.75 Å². The summed E-state index contributed by atoms with van der Waals surface area (Å²) in [6, 6.07) is 10.1. The summed E-state index contributed by atoms with van der Waals surface area (Å²) >= 11 is 1.33. The third kappa shape index (κ3) is 6.81. The van der Waals surface area contributed by atoms with Crippen molar-refractivity contribution in [2.45, 2.75) is 55.2 Å². The van der Waals surface area contributed by atoms with E-state index in [-0.39, 0.29) is 11.8 Å². The van der Waals surface area contributed by atoms with Gasteiger partial charge in [-0.2, -0.15) is 0 Å². The maximum Gasteiger partial charge on any atom is 0.573 e. The van der Waals surface area contributed by atoms with Gasteiger partial charge >= 0.3 is 18.4 Å². The first-order chi connectivity index (χ1) is 15.1. The highest BCUT2D eigenvalue weighted by Crippen LogP contribution is 2.32. The summed E-state index contributed by atoms with van der Waals surface area (Å²) in [6.45, 7) is 1.95. The number of halogens is 3. The Morgan fingerprint density at radius 2 is 1.84 bits per heavy atom. The minimum atomic E-state index is -4.77. The van der Waals surface area contributed by atoms with Crippen LogP contribution < -0.4 is 15.4 Å². The van der Waals surface area contributed by atoms with E-state index in [4.69, 9.17) is 0 Å². The predicted molar refractivity (Wildman–Crippen MR) is 115 cm³/mol. The second-order valence-electron chi connectivity index (χ2n) is 7.44. The van der Waals surface area contributed by atoms with E-state index in [2.05, 4.69) is 15.4 Å². The Kier molecular flexibility index (Phi) is 7.55. The molecule has 2 aromatic rings. The zero-order valence-corrected chi connectivity index (χ0v) is 18.1. The SMILES string of the molecule is CCCC(Sc1ccc2c(c1)CC(NC(=O)Nc1ccc(OC(F)(F)F)cc1)C2)C(=O)O. The quantitative estimate of drug-likeness (QED) is 0.463. The number of thioether (sulfide) groups is 1. The first-order valence-corrected chi connectivity index (χ1v) is 11.0. The number of amides is 2. The van der Waals surface area contributed by atoms with Crippen LogP contribution in [0.4, 0.5) is 23.7 Å². The normalized spacial score (nSPS) is 16.2. The molecule has 3 N–H and O–H groups in total. The van der Waals surface area contributed by atoms with Gasteiger partial charge in [-0.15, -0.1) is 24.9 Å². The van der Waals surface area contributed by atoms with Crippen LogP contribution in [0.5, 0.6) is 5.75 Å². The molecule has 0 fully saturated rings. The molecule has 32 heavy (non-hydrogen) atoms. The lowest BCUT2D eigenvalue weighted by atomic mass is 10.1. The number of rotatable bonds is 8. The first kappa shape index (κ1) is 23.8. The summed E-state index contributed by atoms with van der Waals surface area (Å²) in [4.78, 5) is 24.6. The Hall–Kier alpha value is -2.88. The Morgan fingerprint density at radius 1 is 1.16 bits per heavy atom. The van der Waals surface area contributed by atoms with Crippen LogP contribution in [0.15, 0.2) is 47.4 Å². The number of anilines is 1. The maximum atomic E-state index is 12.3. The Balaban J connectivity index is 1.53. The molecule has 0 heterocycles. The number of fused-ring (bicyclic) bond motifs is 1. The van der Waals surface area contributed by atoms with Gasteiger partial charge in [-0.3, -0.25) is 4.79 Å². The smallest absolute Gasteiger partial charge is 0.480 e. The van der Waals surface area contributed by atoms with Gasteiger partial charge in [0.1, 0.15) is 11.0 Å². The van der Waals surface area contributed by atoms with Gasteiger partial charge in [-0.05, 0) is 66.8 Å². The molecule has 0 aliphatic heterocycles. The molecule has 0 bridgehead atoms. The van der Waals surface area contributed by atoms with Crippen LogP contribution in [0, 0.1) is 0 Å². The molecule has 0 aromatic heterocycles. The van der Waals surface area contributed by atoms with E-state index >= 15 is 0 Å². The fourth-order valence-electron chi connectivity index (χ4n) is 3.52. The summed E-state index contributed by atoms with van der Waals surface area (Å²) in [7, 11) is 0. The van der Waals surface area contributed by atoms with Gasteiger partial charge < -0.3 is 20.5 Å². The number of carbonyl (C=O) groups is 2. The lowest BCUT2D eigenvalue weighted by molar-refractivity contribution is -0.274. The molecule has 10 heteroatoms. The van der Waals surface area contributed by atoms with E-state index in [1.54, 1.807) is 0 Å². The third-order valence-electron chi connectivity index (χ3n) is 4.90. The number of alkyl halides is 3. The lowest BCUT2D eigenvalue weighted by Crippen LogP contribution is -2.38. The molecule has 172 valence electrons. The fourth-order valence-corrected chi connectivity index (χ4v) is 4.66. The van der Waals surface area contributed by atoms with Gasteiger partial charge in [0.05, 0.1) is 0 Å². The second-order valence-corrected chi connectivity index (χ2v) is 8.72. The van der Waals surface area contributed by atoms with Crippen LogP contribution in [0.25, 0.3) is 0 Å². The first-order valence-electron chi connectivity index (χ1n) is 10.1. The zero-order chi connectivity index (χ0) is 23.3. The number of aliphatic carboxylic acids is 1. The molecule has 1 aliphatic carbocycles. The third-order valence-corrected chi connectivity index (χ3v) is 6.14. The molecule has 3 rings (SSSR count). The van der Waals surface area contributed by atoms with Gasteiger partial charge in [0.2, 0.25) is 0 Å². The van der Waals surface area contributed by atoms with E-state index in [0.29, 0.717) is 24.9 Å². The van der Waals surface area contributed by atoms with Crippen molar-refractivity contribution < 1.29 is 32.6 Å². The van der Waals surface area contributed by atoms with Crippen molar-refractivity contribution in [3.05, 3.63) is 53.6 Å². The topological polar surface area (TPSA) is 87.7 Å². The standard InChI is InChI=1S/C22H23F3N2O4S/c1-2-3-19(20(28)29)32-18-9-4-13-10-16(11-14(13)12-18)27-21(30)26-15-5-7-17(8-6-15)31-22(23,24)25/h4-9,12,16,19H,2-3,10-11H2,1H3,(H,28,29)(H2,26,27,30). The number of hydrogen-bond acceptors (Lipinski definition) is 4. The molecule has 0 saturated heterocycles. The maximum absolute atomic E-state index is 12.3. The highest BCUT2D eigenvalue weighted by Gasteiger charge is 2.31. The van der Waals surface area contributed by atoms with Gasteiger partial charge in [0, 0.05) is 16.6 Å². The number of benzene rings is 2. The summed E-state index contributed by atoms with van der Waals surface area (Å²) in [6.07, 6.45) is -2.14. The van der Waals surface area contributed by atoms with Gasteiger partial charge in [0.25, 0.3) is 0 Å². The Morgan fingerprint density at radius 3 is 2.47 bits per heavy atom. The number of urea groups is 1. The molecule has 1 aliphatic rings. The number of carboxylic acids is 1. The summed E-state index contributed by atoms with van der Waals surface area (Å²) < 4.78 is 40.5. The van der Waals surface area contributed by atoms with Crippen LogP contribution >= 0.6 is 11.8 Å². The number of carbonyl (C=O) groups excluding carboxylic acids is 1. The molecule has 2 amide bonds. The molecule has 2 unspecified atom stereocenters. The predicted octanol–water partition coefficient (Wildman–Crippen LogP) is 5.22. The minimum Gasteiger partial charge on any atom is -0.480 e. The molecule has 6 nitrogen and oxygen atoms in total. The zero-order valence-electron chi connectivity index (χ0n) is 17.2.